The third-order valence-corrected chi connectivity index (χ3v) is 4.28. The average Bonchev–Trinajstić information content (AvgIpc) is 2.47. The van der Waals surface area contributed by atoms with E-state index >= 15 is 0 Å². The van der Waals surface area contributed by atoms with Crippen molar-refractivity contribution in [3.8, 4) is 0 Å². The van der Waals surface area contributed by atoms with Crippen molar-refractivity contribution in [3.05, 3.63) is 71.3 Å². The molecule has 0 aromatic heterocycles. The fourth-order valence-electron chi connectivity index (χ4n) is 2.34. The number of rotatable bonds is 5. The van der Waals surface area contributed by atoms with Gasteiger partial charge in [0.25, 0.3) is 0 Å². The van der Waals surface area contributed by atoms with Crippen LogP contribution in [0.15, 0.2) is 54.6 Å². The van der Waals surface area contributed by atoms with E-state index in [1.54, 1.807) is 6.07 Å². The zero-order chi connectivity index (χ0) is 15.3. The van der Waals surface area contributed by atoms with E-state index in [9.17, 15) is 13.2 Å². The van der Waals surface area contributed by atoms with Crippen molar-refractivity contribution < 1.29 is 13.2 Å². The van der Waals surface area contributed by atoms with E-state index in [1.807, 2.05) is 30.3 Å². The second kappa shape index (κ2) is 7.12. The molecule has 0 amide bonds. The second-order valence-corrected chi connectivity index (χ2v) is 5.76. The van der Waals surface area contributed by atoms with Crippen molar-refractivity contribution in [2.45, 2.75) is 19.0 Å². The largest absolute Gasteiger partial charge is 0.416 e. The smallest absolute Gasteiger partial charge is 0.166 e. The van der Waals surface area contributed by atoms with E-state index in [0.29, 0.717) is 6.42 Å². The van der Waals surface area contributed by atoms with E-state index in [1.165, 1.54) is 17.7 Å². The maximum Gasteiger partial charge on any atom is 0.416 e. The summed E-state index contributed by atoms with van der Waals surface area (Å²) in [7, 11) is 0. The lowest BCUT2D eigenvalue weighted by atomic mass is 9.93. The molecule has 21 heavy (non-hydrogen) atoms. The molecule has 2 aromatic rings. The molecular weight excluding hydrogens is 341 g/mol. The Hall–Kier alpha value is -1.29. The second-order valence-electron chi connectivity index (χ2n) is 5.11. The van der Waals surface area contributed by atoms with Crippen molar-refractivity contribution in [1.29, 1.82) is 0 Å². The molecule has 112 valence electrons. The molecule has 0 aliphatic rings. The van der Waals surface area contributed by atoms with Gasteiger partial charge in [0, 0.05) is 5.33 Å². The van der Waals surface area contributed by atoms with Gasteiger partial charge < -0.3 is 0 Å². The van der Waals surface area contributed by atoms with E-state index in [0.717, 1.165) is 23.4 Å². The van der Waals surface area contributed by atoms with Crippen LogP contribution >= 0.6 is 15.9 Å². The van der Waals surface area contributed by atoms with Crippen LogP contribution in [0.3, 0.4) is 0 Å². The van der Waals surface area contributed by atoms with Gasteiger partial charge in [-0.05, 0) is 36.0 Å². The molecule has 1 unspecified atom stereocenters. The Morgan fingerprint density at radius 3 is 2.10 bits per heavy atom. The first kappa shape index (κ1) is 16.1. The maximum atomic E-state index is 12.7. The van der Waals surface area contributed by atoms with Crippen molar-refractivity contribution in [1.82, 2.24) is 0 Å². The van der Waals surface area contributed by atoms with Crippen LogP contribution in [0.4, 0.5) is 13.2 Å². The Morgan fingerprint density at radius 2 is 1.48 bits per heavy atom. The molecule has 0 aliphatic heterocycles. The molecule has 0 saturated heterocycles. The fraction of sp³-hybridized carbons (Fsp3) is 0.294. The lowest BCUT2D eigenvalue weighted by Crippen LogP contribution is -2.11. The van der Waals surface area contributed by atoms with Gasteiger partial charge in [0.05, 0.1) is 5.56 Å². The first-order valence-electron chi connectivity index (χ1n) is 6.75. The molecule has 0 fully saturated rings. The normalized spacial score (nSPS) is 13.1. The van der Waals surface area contributed by atoms with Gasteiger partial charge in [-0.15, -0.1) is 0 Å². The molecule has 0 heterocycles. The molecule has 0 radical (unpaired) electrons. The van der Waals surface area contributed by atoms with Gasteiger partial charge in [0.1, 0.15) is 0 Å². The summed E-state index contributed by atoms with van der Waals surface area (Å²) in [5, 5.41) is 0.762. The predicted octanol–water partition coefficient (Wildman–Crippen LogP) is 5.50. The van der Waals surface area contributed by atoms with E-state index < -0.39 is 11.7 Å². The summed E-state index contributed by atoms with van der Waals surface area (Å²) in [6.45, 7) is 0. The monoisotopic (exact) mass is 356 g/mol. The first-order valence-corrected chi connectivity index (χ1v) is 7.87. The SMILES string of the molecule is FC(F)(F)c1cccc(CC(CBr)Cc2ccccc2)c1. The van der Waals surface area contributed by atoms with Crippen LogP contribution in [0.1, 0.15) is 16.7 Å². The van der Waals surface area contributed by atoms with Gasteiger partial charge >= 0.3 is 6.18 Å². The van der Waals surface area contributed by atoms with E-state index in [2.05, 4.69) is 15.9 Å². The van der Waals surface area contributed by atoms with Crippen LogP contribution < -0.4 is 0 Å². The van der Waals surface area contributed by atoms with Crippen molar-refractivity contribution >= 4 is 15.9 Å². The summed E-state index contributed by atoms with van der Waals surface area (Å²) in [5.74, 6) is 0.274. The predicted molar refractivity (Wildman–Crippen MR) is 82.6 cm³/mol. The number of halogens is 4. The Balaban J connectivity index is 2.08. The molecule has 1 atom stereocenters. The summed E-state index contributed by atoms with van der Waals surface area (Å²) in [5.41, 5.74) is 1.35. The quantitative estimate of drug-likeness (QED) is 0.620. The number of hydrogen-bond donors (Lipinski definition) is 0. The summed E-state index contributed by atoms with van der Waals surface area (Å²) in [4.78, 5) is 0. The summed E-state index contributed by atoms with van der Waals surface area (Å²) < 4.78 is 38.2. The highest BCUT2D eigenvalue weighted by Crippen LogP contribution is 2.30. The number of hydrogen-bond acceptors (Lipinski definition) is 0. The Labute approximate surface area is 131 Å². The van der Waals surface area contributed by atoms with E-state index in [-0.39, 0.29) is 5.92 Å². The minimum Gasteiger partial charge on any atom is -0.166 e. The van der Waals surface area contributed by atoms with Gasteiger partial charge in [-0.3, -0.25) is 0 Å². The highest BCUT2D eigenvalue weighted by atomic mass is 79.9. The standard InChI is InChI=1S/C17H16BrF3/c18-12-15(9-13-5-2-1-3-6-13)10-14-7-4-8-16(11-14)17(19,20)21/h1-8,11,15H,9-10,12H2. The molecule has 0 N–H and O–H groups in total. The van der Waals surface area contributed by atoms with Crippen molar-refractivity contribution in [2.75, 3.05) is 5.33 Å². The zero-order valence-corrected chi connectivity index (χ0v) is 13.0. The van der Waals surface area contributed by atoms with E-state index in [4.69, 9.17) is 0 Å². The lowest BCUT2D eigenvalue weighted by Gasteiger charge is -2.15. The summed E-state index contributed by atoms with van der Waals surface area (Å²) in [6, 6.07) is 15.6. The van der Waals surface area contributed by atoms with Crippen LogP contribution in [0.5, 0.6) is 0 Å². The van der Waals surface area contributed by atoms with Gasteiger partial charge in [-0.2, -0.15) is 13.2 Å². The van der Waals surface area contributed by atoms with Crippen molar-refractivity contribution in [3.63, 3.8) is 0 Å². The molecule has 4 heteroatoms. The van der Waals surface area contributed by atoms with Gasteiger partial charge in [-0.1, -0.05) is 64.5 Å². The molecule has 0 aliphatic carbocycles. The molecule has 0 saturated carbocycles. The van der Waals surface area contributed by atoms with Gasteiger partial charge in [-0.25, -0.2) is 0 Å². The Kier molecular flexibility index (Phi) is 5.45. The number of benzene rings is 2. The molecule has 2 rings (SSSR count). The minimum atomic E-state index is -4.28. The van der Waals surface area contributed by atoms with Crippen LogP contribution in [0.2, 0.25) is 0 Å². The van der Waals surface area contributed by atoms with Gasteiger partial charge in [0.2, 0.25) is 0 Å². The van der Waals surface area contributed by atoms with Crippen LogP contribution in [-0.2, 0) is 19.0 Å². The molecular formula is C17H16BrF3. The van der Waals surface area contributed by atoms with Crippen LogP contribution in [-0.4, -0.2) is 5.33 Å². The molecule has 0 bridgehead atoms. The first-order chi connectivity index (χ1) is 9.99. The Bertz CT molecular complexity index is 564. The Morgan fingerprint density at radius 1 is 0.857 bits per heavy atom. The lowest BCUT2D eigenvalue weighted by molar-refractivity contribution is -0.137. The highest BCUT2D eigenvalue weighted by molar-refractivity contribution is 9.09. The molecule has 0 nitrogen and oxygen atoms in total. The highest BCUT2D eigenvalue weighted by Gasteiger charge is 2.30. The maximum absolute atomic E-state index is 12.7. The van der Waals surface area contributed by atoms with Crippen LogP contribution in [0.25, 0.3) is 0 Å². The number of alkyl halides is 4. The summed E-state index contributed by atoms with van der Waals surface area (Å²) >= 11 is 3.47. The third kappa shape index (κ3) is 4.88. The van der Waals surface area contributed by atoms with Gasteiger partial charge in [0.15, 0.2) is 0 Å². The average molecular weight is 357 g/mol. The summed E-state index contributed by atoms with van der Waals surface area (Å²) in [6.07, 6.45) is -2.80. The zero-order valence-electron chi connectivity index (χ0n) is 11.4. The van der Waals surface area contributed by atoms with Crippen molar-refractivity contribution in [2.24, 2.45) is 5.92 Å². The third-order valence-electron chi connectivity index (χ3n) is 3.36. The topological polar surface area (TPSA) is 0 Å². The fourth-order valence-corrected chi connectivity index (χ4v) is 2.79. The molecule has 2 aromatic carbocycles. The molecule has 0 spiro atoms. The minimum absolute atomic E-state index is 0.274. The van der Waals surface area contributed by atoms with Crippen LogP contribution in [0, 0.1) is 5.92 Å².